The van der Waals surface area contributed by atoms with Crippen molar-refractivity contribution in [3.63, 3.8) is 0 Å². The molecule has 16 heavy (non-hydrogen) atoms. The molecule has 0 atom stereocenters. The molecule has 0 unspecified atom stereocenters. The van der Waals surface area contributed by atoms with Crippen LogP contribution in [0.25, 0.3) is 0 Å². The number of nitrogens with one attached hydrogen (secondary N) is 1. The second-order valence-electron chi connectivity index (χ2n) is 4.34. The number of nitrogens with zero attached hydrogens (tertiary/aromatic N) is 2. The van der Waals surface area contributed by atoms with Crippen LogP contribution in [0.3, 0.4) is 0 Å². The van der Waals surface area contributed by atoms with Gasteiger partial charge in [0.05, 0.1) is 12.2 Å². The largest absolute Gasteiger partial charge is 0.340 e. The summed E-state index contributed by atoms with van der Waals surface area (Å²) in [7, 11) is -3.10. The van der Waals surface area contributed by atoms with Gasteiger partial charge in [-0.3, -0.25) is 4.79 Å². The fourth-order valence-corrected chi connectivity index (χ4v) is 2.79. The second kappa shape index (κ2) is 4.31. The van der Waals surface area contributed by atoms with E-state index in [1.54, 1.807) is 4.90 Å². The zero-order chi connectivity index (χ0) is 11.8. The first-order valence-corrected chi connectivity index (χ1v) is 7.28. The lowest BCUT2D eigenvalue weighted by atomic mass is 10.0. The van der Waals surface area contributed by atoms with Crippen molar-refractivity contribution in [3.05, 3.63) is 0 Å². The van der Waals surface area contributed by atoms with Gasteiger partial charge in [0.1, 0.15) is 0 Å². The minimum Gasteiger partial charge on any atom is -0.340 e. The number of sulfonamides is 1. The first-order valence-electron chi connectivity index (χ1n) is 5.43. The number of amides is 1. The highest BCUT2D eigenvalue weighted by Crippen LogP contribution is 2.12. The van der Waals surface area contributed by atoms with Gasteiger partial charge in [0.15, 0.2) is 0 Å². The Morgan fingerprint density at radius 3 is 2.12 bits per heavy atom. The molecule has 2 aliphatic rings. The quantitative estimate of drug-likeness (QED) is 0.632. The lowest BCUT2D eigenvalue weighted by Crippen LogP contribution is -2.57. The predicted molar refractivity (Wildman–Crippen MR) is 59.4 cm³/mol. The molecule has 7 heteroatoms. The monoisotopic (exact) mass is 247 g/mol. The van der Waals surface area contributed by atoms with E-state index in [-0.39, 0.29) is 11.8 Å². The molecule has 0 aromatic rings. The number of carbonyl (C=O) groups excluding carboxylic acids is 1. The summed E-state index contributed by atoms with van der Waals surface area (Å²) in [5.74, 6) is 0.261. The highest BCUT2D eigenvalue weighted by molar-refractivity contribution is 7.88. The molecule has 2 rings (SSSR count). The maximum Gasteiger partial charge on any atom is 0.228 e. The van der Waals surface area contributed by atoms with E-state index in [0.29, 0.717) is 26.2 Å². The third-order valence-electron chi connectivity index (χ3n) is 3.15. The lowest BCUT2D eigenvalue weighted by Gasteiger charge is -2.37. The SMILES string of the molecule is CS(=O)(=O)N1CCN(C(=O)C2CNC2)CC1. The number of carbonyl (C=O) groups is 1. The van der Waals surface area contributed by atoms with Gasteiger partial charge in [0.25, 0.3) is 0 Å². The van der Waals surface area contributed by atoms with Crippen molar-refractivity contribution in [2.75, 3.05) is 45.5 Å². The van der Waals surface area contributed by atoms with E-state index < -0.39 is 10.0 Å². The second-order valence-corrected chi connectivity index (χ2v) is 6.32. The molecule has 0 aromatic heterocycles. The summed E-state index contributed by atoms with van der Waals surface area (Å²) in [6.45, 7) is 3.39. The van der Waals surface area contributed by atoms with Gasteiger partial charge in [0.2, 0.25) is 15.9 Å². The number of hydrogen-bond donors (Lipinski definition) is 1. The standard InChI is InChI=1S/C9H17N3O3S/c1-16(14,15)12-4-2-11(3-5-12)9(13)8-6-10-7-8/h8,10H,2-7H2,1H3. The van der Waals surface area contributed by atoms with Crippen LogP contribution in [-0.2, 0) is 14.8 Å². The molecule has 0 spiro atoms. The van der Waals surface area contributed by atoms with Crippen molar-refractivity contribution in [1.29, 1.82) is 0 Å². The van der Waals surface area contributed by atoms with Crippen LogP contribution in [-0.4, -0.2) is 69.1 Å². The van der Waals surface area contributed by atoms with Gasteiger partial charge in [-0.2, -0.15) is 4.31 Å². The first-order chi connectivity index (χ1) is 7.48. The zero-order valence-electron chi connectivity index (χ0n) is 9.35. The Labute approximate surface area is 95.6 Å². The third-order valence-corrected chi connectivity index (χ3v) is 4.45. The summed E-state index contributed by atoms with van der Waals surface area (Å²) < 4.78 is 24.0. The van der Waals surface area contributed by atoms with E-state index in [2.05, 4.69) is 5.32 Å². The molecule has 92 valence electrons. The third kappa shape index (κ3) is 2.36. The average Bonchev–Trinajstić information content (AvgIpc) is 2.14. The van der Waals surface area contributed by atoms with Gasteiger partial charge in [-0.1, -0.05) is 0 Å². The van der Waals surface area contributed by atoms with Crippen molar-refractivity contribution in [2.24, 2.45) is 5.92 Å². The van der Waals surface area contributed by atoms with E-state index in [4.69, 9.17) is 0 Å². The smallest absolute Gasteiger partial charge is 0.228 e. The number of hydrogen-bond acceptors (Lipinski definition) is 4. The molecule has 2 saturated heterocycles. The van der Waals surface area contributed by atoms with Crippen LogP contribution in [0, 0.1) is 5.92 Å². The molecule has 2 aliphatic heterocycles. The molecule has 0 radical (unpaired) electrons. The van der Waals surface area contributed by atoms with Crippen molar-refractivity contribution in [3.8, 4) is 0 Å². The van der Waals surface area contributed by atoms with Crippen molar-refractivity contribution in [2.45, 2.75) is 0 Å². The van der Waals surface area contributed by atoms with Crippen LogP contribution in [0.1, 0.15) is 0 Å². The molecule has 1 amide bonds. The van der Waals surface area contributed by atoms with E-state index >= 15 is 0 Å². The maximum atomic E-state index is 11.9. The lowest BCUT2D eigenvalue weighted by molar-refractivity contribution is -0.138. The van der Waals surface area contributed by atoms with Gasteiger partial charge >= 0.3 is 0 Å². The van der Waals surface area contributed by atoms with E-state index in [0.717, 1.165) is 13.1 Å². The fourth-order valence-electron chi connectivity index (χ4n) is 1.96. The van der Waals surface area contributed by atoms with Crippen LogP contribution in [0.5, 0.6) is 0 Å². The zero-order valence-corrected chi connectivity index (χ0v) is 10.2. The Bertz CT molecular complexity index is 369. The molecule has 2 fully saturated rings. The molecule has 0 saturated carbocycles. The molecule has 0 aliphatic carbocycles. The Morgan fingerprint density at radius 2 is 1.75 bits per heavy atom. The van der Waals surface area contributed by atoms with E-state index in [1.165, 1.54) is 10.6 Å². The van der Waals surface area contributed by atoms with Gasteiger partial charge < -0.3 is 10.2 Å². The van der Waals surface area contributed by atoms with E-state index in [9.17, 15) is 13.2 Å². The highest BCUT2D eigenvalue weighted by Gasteiger charge is 2.32. The van der Waals surface area contributed by atoms with Gasteiger partial charge in [0, 0.05) is 39.3 Å². The normalized spacial score (nSPS) is 24.2. The summed E-state index contributed by atoms with van der Waals surface area (Å²) in [6, 6.07) is 0. The molecule has 0 aromatic carbocycles. The first kappa shape index (κ1) is 11.8. The molecule has 6 nitrogen and oxygen atoms in total. The van der Waals surface area contributed by atoms with Crippen molar-refractivity contribution < 1.29 is 13.2 Å². The van der Waals surface area contributed by atoms with Crippen LogP contribution < -0.4 is 5.32 Å². The summed E-state index contributed by atoms with van der Waals surface area (Å²) >= 11 is 0. The molecule has 0 bridgehead atoms. The minimum atomic E-state index is -3.10. The Hall–Kier alpha value is -0.660. The Morgan fingerprint density at radius 1 is 1.19 bits per heavy atom. The van der Waals surface area contributed by atoms with Crippen LogP contribution in [0.4, 0.5) is 0 Å². The Kier molecular flexibility index (Phi) is 3.18. The molecular formula is C9H17N3O3S. The summed E-state index contributed by atoms with van der Waals surface area (Å²) in [6.07, 6.45) is 1.21. The summed E-state index contributed by atoms with van der Waals surface area (Å²) in [4.78, 5) is 13.6. The van der Waals surface area contributed by atoms with Gasteiger partial charge in [-0.15, -0.1) is 0 Å². The topological polar surface area (TPSA) is 69.7 Å². The van der Waals surface area contributed by atoms with Crippen LogP contribution in [0.15, 0.2) is 0 Å². The van der Waals surface area contributed by atoms with Crippen LogP contribution >= 0.6 is 0 Å². The Balaban J connectivity index is 1.87. The fraction of sp³-hybridized carbons (Fsp3) is 0.889. The summed E-state index contributed by atoms with van der Waals surface area (Å²) in [5.41, 5.74) is 0. The van der Waals surface area contributed by atoms with Crippen molar-refractivity contribution >= 4 is 15.9 Å². The summed E-state index contributed by atoms with van der Waals surface area (Å²) in [5, 5.41) is 3.06. The number of piperazine rings is 1. The van der Waals surface area contributed by atoms with Crippen molar-refractivity contribution in [1.82, 2.24) is 14.5 Å². The average molecular weight is 247 g/mol. The molecule has 2 heterocycles. The molecule has 1 N–H and O–H groups in total. The molecular weight excluding hydrogens is 230 g/mol. The van der Waals surface area contributed by atoms with Crippen LogP contribution in [0.2, 0.25) is 0 Å². The highest BCUT2D eigenvalue weighted by atomic mass is 32.2. The minimum absolute atomic E-state index is 0.102. The van der Waals surface area contributed by atoms with Gasteiger partial charge in [-0.25, -0.2) is 8.42 Å². The van der Waals surface area contributed by atoms with Gasteiger partial charge in [-0.05, 0) is 0 Å². The maximum absolute atomic E-state index is 11.9. The number of rotatable bonds is 2. The predicted octanol–water partition coefficient (Wildman–Crippen LogP) is -1.69. The van der Waals surface area contributed by atoms with E-state index in [1.807, 2.05) is 0 Å².